The summed E-state index contributed by atoms with van der Waals surface area (Å²) in [6, 6.07) is 4.18. The van der Waals surface area contributed by atoms with E-state index in [9.17, 15) is 12.8 Å². The molecule has 8 heteroatoms. The van der Waals surface area contributed by atoms with Crippen LogP contribution in [0, 0.1) is 5.82 Å². The van der Waals surface area contributed by atoms with Crippen LogP contribution in [0.25, 0.3) is 11.1 Å². The number of nitrogens with two attached hydrogens (primary N) is 1. The van der Waals surface area contributed by atoms with E-state index in [1.165, 1.54) is 25.1 Å². The highest BCUT2D eigenvalue weighted by atomic mass is 35.5. The number of nitrogens with zero attached hydrogens (tertiary/aromatic N) is 1. The molecule has 0 fully saturated rings. The summed E-state index contributed by atoms with van der Waals surface area (Å²) in [6.07, 6.45) is 1.08. The third kappa shape index (κ3) is 2.51. The van der Waals surface area contributed by atoms with Crippen LogP contribution in [0.15, 0.2) is 18.2 Å². The summed E-state index contributed by atoms with van der Waals surface area (Å²) < 4.78 is 37.4. The predicted molar refractivity (Wildman–Crippen MR) is 76.7 cm³/mol. The van der Waals surface area contributed by atoms with Gasteiger partial charge in [0.25, 0.3) is 0 Å². The van der Waals surface area contributed by atoms with Gasteiger partial charge in [-0.3, -0.25) is 5.10 Å². The number of nitrogens with one attached hydrogen (secondary N) is 1. The molecule has 1 aromatic carbocycles. The largest absolute Gasteiger partial charge is 0.382 e. The first-order valence-electron chi connectivity index (χ1n) is 5.70. The molecule has 1 heterocycles. The van der Waals surface area contributed by atoms with Crippen LogP contribution in [-0.2, 0) is 9.84 Å². The Morgan fingerprint density at radius 3 is 2.60 bits per heavy atom. The molecule has 2 aromatic rings. The van der Waals surface area contributed by atoms with Gasteiger partial charge >= 0.3 is 0 Å². The van der Waals surface area contributed by atoms with Gasteiger partial charge < -0.3 is 5.73 Å². The number of sulfone groups is 1. The van der Waals surface area contributed by atoms with Gasteiger partial charge in [-0.1, -0.05) is 17.7 Å². The lowest BCUT2D eigenvalue weighted by Gasteiger charge is -2.12. The van der Waals surface area contributed by atoms with Crippen molar-refractivity contribution in [2.45, 2.75) is 12.2 Å². The molecule has 0 spiro atoms. The van der Waals surface area contributed by atoms with Gasteiger partial charge in [0.1, 0.15) is 11.1 Å². The van der Waals surface area contributed by atoms with Crippen molar-refractivity contribution >= 4 is 27.3 Å². The Kier molecular flexibility index (Phi) is 3.75. The van der Waals surface area contributed by atoms with Crippen LogP contribution in [0.4, 0.5) is 10.2 Å². The molecule has 3 N–H and O–H groups in total. The van der Waals surface area contributed by atoms with E-state index in [2.05, 4.69) is 10.2 Å². The van der Waals surface area contributed by atoms with Crippen molar-refractivity contribution in [1.29, 1.82) is 0 Å². The van der Waals surface area contributed by atoms with Crippen LogP contribution in [0.1, 0.15) is 17.9 Å². The number of H-pyrrole nitrogens is 1. The summed E-state index contributed by atoms with van der Waals surface area (Å²) in [5.74, 6) is -0.588. The maximum Gasteiger partial charge on any atom is 0.155 e. The second-order valence-electron chi connectivity index (χ2n) is 4.47. The van der Waals surface area contributed by atoms with Crippen molar-refractivity contribution in [2.75, 3.05) is 12.0 Å². The second-order valence-corrected chi connectivity index (χ2v) is 7.24. The summed E-state index contributed by atoms with van der Waals surface area (Å²) in [5.41, 5.74) is 6.18. The molecular formula is C12H13ClFN3O2S. The van der Waals surface area contributed by atoms with Crippen LogP contribution in [0.2, 0.25) is 5.02 Å². The number of hydrogen-bond acceptors (Lipinski definition) is 4. The number of hydrogen-bond donors (Lipinski definition) is 2. The molecule has 108 valence electrons. The molecule has 0 saturated heterocycles. The highest BCUT2D eigenvalue weighted by molar-refractivity contribution is 7.90. The molecule has 5 nitrogen and oxygen atoms in total. The number of aromatic nitrogens is 2. The number of aromatic amines is 1. The molecule has 2 rings (SSSR count). The van der Waals surface area contributed by atoms with Crippen molar-refractivity contribution in [3.05, 3.63) is 34.7 Å². The van der Waals surface area contributed by atoms with E-state index in [1.54, 1.807) is 0 Å². The summed E-state index contributed by atoms with van der Waals surface area (Å²) >= 11 is 6.00. The summed E-state index contributed by atoms with van der Waals surface area (Å²) in [6.45, 7) is 1.47. The van der Waals surface area contributed by atoms with E-state index in [0.717, 1.165) is 6.26 Å². The lowest BCUT2D eigenvalue weighted by atomic mass is 10.0. The SMILES string of the molecule is CC(c1[nH]nc(N)c1-c1c(F)cccc1Cl)S(C)(=O)=O. The van der Waals surface area contributed by atoms with E-state index in [1.807, 2.05) is 0 Å². The monoisotopic (exact) mass is 317 g/mol. The highest BCUT2D eigenvalue weighted by Gasteiger charge is 2.27. The zero-order valence-corrected chi connectivity index (χ0v) is 12.4. The van der Waals surface area contributed by atoms with Gasteiger partial charge in [-0.2, -0.15) is 5.10 Å². The number of benzene rings is 1. The fourth-order valence-electron chi connectivity index (χ4n) is 1.88. The first kappa shape index (κ1) is 14.8. The van der Waals surface area contributed by atoms with Crippen molar-refractivity contribution < 1.29 is 12.8 Å². The molecule has 0 aliphatic carbocycles. The van der Waals surface area contributed by atoms with Gasteiger partial charge in [0.15, 0.2) is 15.7 Å². The van der Waals surface area contributed by atoms with Crippen molar-refractivity contribution in [3.63, 3.8) is 0 Å². The van der Waals surface area contributed by atoms with Crippen LogP contribution < -0.4 is 5.73 Å². The molecule has 0 bridgehead atoms. The molecule has 0 amide bonds. The highest BCUT2D eigenvalue weighted by Crippen LogP contribution is 2.39. The lowest BCUT2D eigenvalue weighted by molar-refractivity contribution is 0.590. The summed E-state index contributed by atoms with van der Waals surface area (Å²) in [7, 11) is -3.39. The lowest BCUT2D eigenvalue weighted by Crippen LogP contribution is -2.09. The van der Waals surface area contributed by atoms with E-state index >= 15 is 0 Å². The minimum absolute atomic E-state index is 0.00231. The number of rotatable bonds is 3. The summed E-state index contributed by atoms with van der Waals surface area (Å²) in [5, 5.41) is 5.56. The maximum atomic E-state index is 14.0. The molecule has 0 aliphatic rings. The third-order valence-corrected chi connectivity index (χ3v) is 4.92. The molecule has 0 aliphatic heterocycles. The van der Waals surface area contributed by atoms with E-state index in [0.29, 0.717) is 0 Å². The zero-order chi connectivity index (χ0) is 15.1. The van der Waals surface area contributed by atoms with E-state index in [4.69, 9.17) is 17.3 Å². The van der Waals surface area contributed by atoms with Crippen LogP contribution in [0.5, 0.6) is 0 Å². The number of anilines is 1. The normalized spacial score (nSPS) is 13.4. The Morgan fingerprint density at radius 2 is 2.05 bits per heavy atom. The minimum atomic E-state index is -3.39. The maximum absolute atomic E-state index is 14.0. The van der Waals surface area contributed by atoms with Crippen LogP contribution in [-0.4, -0.2) is 24.9 Å². The molecule has 1 unspecified atom stereocenters. The van der Waals surface area contributed by atoms with Gasteiger partial charge in [-0.15, -0.1) is 0 Å². The fraction of sp³-hybridized carbons (Fsp3) is 0.250. The smallest absolute Gasteiger partial charge is 0.155 e. The number of halogens is 2. The molecule has 0 saturated carbocycles. The Morgan fingerprint density at radius 1 is 1.40 bits per heavy atom. The van der Waals surface area contributed by atoms with Crippen molar-refractivity contribution in [3.8, 4) is 11.1 Å². The Labute approximate surface area is 120 Å². The standard InChI is InChI=1S/C12H13ClFN3O2S/c1-6(20(2,18)19)11-10(12(15)17-16-11)9-7(13)4-3-5-8(9)14/h3-6H,1-2H3,(H3,15,16,17). The fourth-order valence-corrected chi connectivity index (χ4v) is 2.73. The van der Waals surface area contributed by atoms with E-state index in [-0.39, 0.29) is 27.7 Å². The Hall–Kier alpha value is -1.60. The average Bonchev–Trinajstić information content (AvgIpc) is 2.69. The average molecular weight is 318 g/mol. The number of nitrogen functional groups attached to an aromatic ring is 1. The minimum Gasteiger partial charge on any atom is -0.382 e. The van der Waals surface area contributed by atoms with Crippen LogP contribution in [0.3, 0.4) is 0 Å². The molecule has 20 heavy (non-hydrogen) atoms. The first-order chi connectivity index (χ1) is 9.23. The van der Waals surface area contributed by atoms with Crippen LogP contribution >= 0.6 is 11.6 Å². The van der Waals surface area contributed by atoms with E-state index < -0.39 is 20.9 Å². The van der Waals surface area contributed by atoms with Crippen molar-refractivity contribution in [2.24, 2.45) is 0 Å². The quantitative estimate of drug-likeness (QED) is 0.910. The predicted octanol–water partition coefficient (Wildman–Crippen LogP) is 2.56. The van der Waals surface area contributed by atoms with Gasteiger partial charge in [-0.25, -0.2) is 12.8 Å². The van der Waals surface area contributed by atoms with Crippen molar-refractivity contribution in [1.82, 2.24) is 10.2 Å². The topological polar surface area (TPSA) is 88.8 Å². The van der Waals surface area contributed by atoms with Gasteiger partial charge in [0.05, 0.1) is 16.3 Å². The zero-order valence-electron chi connectivity index (χ0n) is 10.8. The third-order valence-electron chi connectivity index (χ3n) is 3.08. The molecule has 1 aromatic heterocycles. The van der Waals surface area contributed by atoms with Gasteiger partial charge in [0.2, 0.25) is 0 Å². The first-order valence-corrected chi connectivity index (χ1v) is 8.03. The van der Waals surface area contributed by atoms with Gasteiger partial charge in [-0.05, 0) is 19.1 Å². The molecule has 0 radical (unpaired) electrons. The molecule has 1 atom stereocenters. The summed E-state index contributed by atoms with van der Waals surface area (Å²) in [4.78, 5) is 0. The second kappa shape index (κ2) is 5.06. The Balaban J connectivity index is 2.73. The Bertz CT molecular complexity index is 738. The molecular weight excluding hydrogens is 305 g/mol. The van der Waals surface area contributed by atoms with Gasteiger partial charge in [0, 0.05) is 11.8 Å².